The molecule has 0 saturated carbocycles. The Balaban J connectivity index is 1.94. The SMILES string of the molecule is CP(=O)(OCc1ccccc1)Oc1ccccc1. The van der Waals surface area contributed by atoms with Crippen LogP contribution in [0.25, 0.3) is 0 Å². The second-order valence-corrected chi connectivity index (χ2v) is 5.92. The Morgan fingerprint density at radius 1 is 0.944 bits per heavy atom. The van der Waals surface area contributed by atoms with Crippen molar-refractivity contribution in [2.24, 2.45) is 0 Å². The zero-order valence-corrected chi connectivity index (χ0v) is 11.0. The number of para-hydroxylation sites is 1. The second kappa shape index (κ2) is 5.85. The van der Waals surface area contributed by atoms with Crippen LogP contribution in [-0.2, 0) is 15.7 Å². The minimum Gasteiger partial charge on any atom is -0.425 e. The van der Waals surface area contributed by atoms with Gasteiger partial charge in [0.25, 0.3) is 0 Å². The van der Waals surface area contributed by atoms with E-state index in [1.807, 2.05) is 48.5 Å². The molecule has 0 aliphatic heterocycles. The molecule has 1 unspecified atom stereocenters. The van der Waals surface area contributed by atoms with Crippen LogP contribution in [0.2, 0.25) is 0 Å². The van der Waals surface area contributed by atoms with Crippen LogP contribution < -0.4 is 4.52 Å². The summed E-state index contributed by atoms with van der Waals surface area (Å²) in [6, 6.07) is 18.6. The van der Waals surface area contributed by atoms with Crippen LogP contribution in [0.4, 0.5) is 0 Å². The highest BCUT2D eigenvalue weighted by Crippen LogP contribution is 2.44. The van der Waals surface area contributed by atoms with Gasteiger partial charge in [-0.1, -0.05) is 48.5 Å². The summed E-state index contributed by atoms with van der Waals surface area (Å²) < 4.78 is 22.8. The standard InChI is InChI=1S/C14H15O3P/c1-18(15,17-14-10-6-3-7-11-14)16-12-13-8-4-2-5-9-13/h2-11H,12H2,1H3. The minimum atomic E-state index is -3.08. The lowest BCUT2D eigenvalue weighted by Gasteiger charge is -2.15. The summed E-state index contributed by atoms with van der Waals surface area (Å²) in [5, 5.41) is 0. The fourth-order valence-corrected chi connectivity index (χ4v) is 2.41. The van der Waals surface area contributed by atoms with Crippen LogP contribution in [0.5, 0.6) is 5.75 Å². The summed E-state index contributed by atoms with van der Waals surface area (Å²) in [6.07, 6.45) is 0. The van der Waals surface area contributed by atoms with Crippen molar-refractivity contribution in [1.29, 1.82) is 0 Å². The summed E-state index contributed by atoms with van der Waals surface area (Å²) >= 11 is 0. The van der Waals surface area contributed by atoms with Gasteiger partial charge in [0.2, 0.25) is 0 Å². The van der Waals surface area contributed by atoms with Gasteiger partial charge in [-0.25, -0.2) is 4.57 Å². The lowest BCUT2D eigenvalue weighted by atomic mass is 10.2. The van der Waals surface area contributed by atoms with Gasteiger partial charge in [0.1, 0.15) is 5.75 Å². The molecule has 0 saturated heterocycles. The third-order valence-corrected chi connectivity index (χ3v) is 3.46. The molecule has 0 amide bonds. The van der Waals surface area contributed by atoms with Gasteiger partial charge >= 0.3 is 7.60 Å². The van der Waals surface area contributed by atoms with Crippen LogP contribution in [0.1, 0.15) is 5.56 Å². The largest absolute Gasteiger partial charge is 0.425 e. The molecule has 0 aliphatic carbocycles. The Bertz CT molecular complexity index is 525. The molecule has 2 rings (SSSR count). The van der Waals surface area contributed by atoms with Crippen molar-refractivity contribution in [3.05, 3.63) is 66.2 Å². The van der Waals surface area contributed by atoms with Crippen LogP contribution in [0, 0.1) is 0 Å². The Hall–Kier alpha value is -1.57. The van der Waals surface area contributed by atoms with Crippen molar-refractivity contribution < 1.29 is 13.6 Å². The molecule has 0 aliphatic rings. The molecule has 3 nitrogen and oxygen atoms in total. The van der Waals surface area contributed by atoms with Crippen molar-refractivity contribution in [2.45, 2.75) is 6.61 Å². The molecule has 0 bridgehead atoms. The molecule has 2 aromatic rings. The molecule has 0 heterocycles. The first-order chi connectivity index (χ1) is 8.66. The first kappa shape index (κ1) is 12.9. The van der Waals surface area contributed by atoms with Gasteiger partial charge in [0.05, 0.1) is 6.61 Å². The first-order valence-corrected chi connectivity index (χ1v) is 7.65. The zero-order valence-electron chi connectivity index (χ0n) is 10.2. The average molecular weight is 262 g/mol. The van der Waals surface area contributed by atoms with E-state index in [0.717, 1.165) is 5.56 Å². The number of hydrogen-bond donors (Lipinski definition) is 0. The van der Waals surface area contributed by atoms with E-state index >= 15 is 0 Å². The van der Waals surface area contributed by atoms with Gasteiger partial charge in [-0.05, 0) is 17.7 Å². The van der Waals surface area contributed by atoms with E-state index in [1.54, 1.807) is 12.1 Å². The maximum absolute atomic E-state index is 12.1. The number of rotatable bonds is 5. The van der Waals surface area contributed by atoms with E-state index in [1.165, 1.54) is 6.66 Å². The zero-order chi connectivity index (χ0) is 12.8. The predicted octanol–water partition coefficient (Wildman–Crippen LogP) is 4.11. The maximum atomic E-state index is 12.1. The molecular weight excluding hydrogens is 247 g/mol. The normalized spacial score (nSPS) is 13.8. The summed E-state index contributed by atoms with van der Waals surface area (Å²) in [5.74, 6) is 0.552. The van der Waals surface area contributed by atoms with E-state index in [2.05, 4.69) is 0 Å². The fraction of sp³-hybridized carbons (Fsp3) is 0.143. The van der Waals surface area contributed by atoms with Gasteiger partial charge in [0.15, 0.2) is 0 Å². The molecule has 18 heavy (non-hydrogen) atoms. The minimum absolute atomic E-state index is 0.279. The Morgan fingerprint density at radius 2 is 1.50 bits per heavy atom. The molecule has 0 aromatic heterocycles. The van der Waals surface area contributed by atoms with E-state index in [4.69, 9.17) is 9.05 Å². The Labute approximate surface area is 107 Å². The van der Waals surface area contributed by atoms with Crippen molar-refractivity contribution >= 4 is 7.60 Å². The summed E-state index contributed by atoms with van der Waals surface area (Å²) in [5.41, 5.74) is 0.969. The van der Waals surface area contributed by atoms with Crippen LogP contribution in [0.3, 0.4) is 0 Å². The van der Waals surface area contributed by atoms with Gasteiger partial charge in [-0.2, -0.15) is 0 Å². The van der Waals surface area contributed by atoms with Gasteiger partial charge in [0, 0.05) is 6.66 Å². The van der Waals surface area contributed by atoms with Crippen LogP contribution >= 0.6 is 7.60 Å². The Morgan fingerprint density at radius 3 is 2.11 bits per heavy atom. The summed E-state index contributed by atoms with van der Waals surface area (Å²) in [7, 11) is -3.08. The highest BCUT2D eigenvalue weighted by Gasteiger charge is 2.18. The summed E-state index contributed by atoms with van der Waals surface area (Å²) in [6.45, 7) is 1.75. The van der Waals surface area contributed by atoms with E-state index in [-0.39, 0.29) is 6.61 Å². The van der Waals surface area contributed by atoms with E-state index < -0.39 is 7.60 Å². The number of hydrogen-bond acceptors (Lipinski definition) is 3. The third-order valence-electron chi connectivity index (χ3n) is 2.32. The van der Waals surface area contributed by atoms with Gasteiger partial charge < -0.3 is 4.52 Å². The van der Waals surface area contributed by atoms with E-state index in [9.17, 15) is 4.57 Å². The highest BCUT2D eigenvalue weighted by molar-refractivity contribution is 7.53. The quantitative estimate of drug-likeness (QED) is 0.761. The molecule has 94 valence electrons. The van der Waals surface area contributed by atoms with Crippen molar-refractivity contribution in [3.8, 4) is 5.75 Å². The smallest absolute Gasteiger partial charge is 0.376 e. The molecule has 1 atom stereocenters. The third kappa shape index (κ3) is 4.02. The molecule has 4 heteroatoms. The number of benzene rings is 2. The average Bonchev–Trinajstić information content (AvgIpc) is 2.38. The maximum Gasteiger partial charge on any atom is 0.376 e. The second-order valence-electron chi connectivity index (χ2n) is 3.93. The predicted molar refractivity (Wildman–Crippen MR) is 71.8 cm³/mol. The van der Waals surface area contributed by atoms with E-state index in [0.29, 0.717) is 5.75 Å². The Kier molecular flexibility index (Phi) is 4.19. The van der Waals surface area contributed by atoms with Crippen LogP contribution in [0.15, 0.2) is 60.7 Å². The fourth-order valence-electron chi connectivity index (χ4n) is 1.47. The lowest BCUT2D eigenvalue weighted by Crippen LogP contribution is -1.97. The van der Waals surface area contributed by atoms with Crippen molar-refractivity contribution in [2.75, 3.05) is 6.66 Å². The summed E-state index contributed by atoms with van der Waals surface area (Å²) in [4.78, 5) is 0. The highest BCUT2D eigenvalue weighted by atomic mass is 31.2. The monoisotopic (exact) mass is 262 g/mol. The van der Waals surface area contributed by atoms with Crippen molar-refractivity contribution in [3.63, 3.8) is 0 Å². The van der Waals surface area contributed by atoms with Gasteiger partial charge in [-0.3, -0.25) is 4.52 Å². The molecule has 0 fully saturated rings. The molecule has 0 spiro atoms. The van der Waals surface area contributed by atoms with Crippen LogP contribution in [-0.4, -0.2) is 6.66 Å². The molecule has 2 aromatic carbocycles. The lowest BCUT2D eigenvalue weighted by molar-refractivity contribution is 0.260. The molecular formula is C14H15O3P. The first-order valence-electron chi connectivity index (χ1n) is 5.66. The van der Waals surface area contributed by atoms with Gasteiger partial charge in [-0.15, -0.1) is 0 Å². The topological polar surface area (TPSA) is 35.5 Å². The molecule has 0 radical (unpaired) electrons. The van der Waals surface area contributed by atoms with Crippen molar-refractivity contribution in [1.82, 2.24) is 0 Å². The molecule has 0 N–H and O–H groups in total.